The van der Waals surface area contributed by atoms with E-state index >= 15 is 0 Å². The molecule has 0 saturated heterocycles. The fraction of sp³-hybridized carbons (Fsp3) is 0. The third-order valence-corrected chi connectivity index (χ3v) is 3.05. The van der Waals surface area contributed by atoms with Crippen LogP contribution in [-0.4, -0.2) is 13.0 Å². The zero-order valence-corrected chi connectivity index (χ0v) is 8.47. The molecule has 0 aliphatic rings. The van der Waals surface area contributed by atoms with Gasteiger partial charge in [-0.2, -0.15) is 8.42 Å². The van der Waals surface area contributed by atoms with Crippen LogP contribution in [0.4, 0.5) is 0 Å². The molecule has 1 N–H and O–H groups in total. The van der Waals surface area contributed by atoms with E-state index in [0.29, 0.717) is 0 Å². The van der Waals surface area contributed by atoms with Crippen molar-refractivity contribution >= 4 is 44.9 Å². The zero-order valence-electron chi connectivity index (χ0n) is 5.32. The first-order chi connectivity index (χ1) is 5.38. The molecule has 0 fully saturated rings. The van der Waals surface area contributed by atoms with Crippen molar-refractivity contribution in [3.05, 3.63) is 15.4 Å². The highest BCUT2D eigenvalue weighted by molar-refractivity contribution is 7.81. The number of thiophene rings is 1. The van der Waals surface area contributed by atoms with E-state index in [1.54, 1.807) is 0 Å². The maximum absolute atomic E-state index is 10.2. The normalized spacial score (nSPS) is 11.6. The minimum absolute atomic E-state index is 0.0764. The van der Waals surface area contributed by atoms with Crippen LogP contribution in [0.15, 0.2) is 6.07 Å². The molecule has 0 unspecified atom stereocenters. The smallest absolute Gasteiger partial charge is 0.350 e. The molecule has 1 rings (SSSR count). The lowest BCUT2D eigenvalue weighted by atomic mass is 10.6. The Morgan fingerprint density at radius 2 is 2.08 bits per heavy atom. The van der Waals surface area contributed by atoms with Crippen molar-refractivity contribution in [3.63, 3.8) is 0 Å². The standard InChI is InChI=1S/C4H2Cl2O4S2/c5-2-1-3(11-4(2)6)10-12(7,8)9/h1H,(H,7,8,9). The Hall–Kier alpha value is -0.0100. The van der Waals surface area contributed by atoms with E-state index in [-0.39, 0.29) is 14.4 Å². The Kier molecular flexibility index (Phi) is 2.84. The average molecular weight is 249 g/mol. The fourth-order valence-electron chi connectivity index (χ4n) is 0.472. The van der Waals surface area contributed by atoms with Crippen LogP contribution in [0.1, 0.15) is 0 Å². The predicted molar refractivity (Wildman–Crippen MR) is 46.5 cm³/mol. The maximum atomic E-state index is 10.2. The van der Waals surface area contributed by atoms with Gasteiger partial charge in [-0.25, -0.2) is 0 Å². The topological polar surface area (TPSA) is 63.6 Å². The van der Waals surface area contributed by atoms with Crippen LogP contribution in [0.5, 0.6) is 5.06 Å². The molecule has 0 bridgehead atoms. The summed E-state index contributed by atoms with van der Waals surface area (Å²) in [6.45, 7) is 0. The summed E-state index contributed by atoms with van der Waals surface area (Å²) in [5.41, 5.74) is 0. The van der Waals surface area contributed by atoms with Gasteiger partial charge in [-0.15, -0.1) is 0 Å². The Balaban J connectivity index is 2.92. The van der Waals surface area contributed by atoms with Crippen molar-refractivity contribution < 1.29 is 17.2 Å². The fourth-order valence-corrected chi connectivity index (χ4v) is 2.19. The number of hydrogen-bond donors (Lipinski definition) is 1. The van der Waals surface area contributed by atoms with Crippen LogP contribution in [0.25, 0.3) is 0 Å². The van der Waals surface area contributed by atoms with Crippen molar-refractivity contribution in [2.24, 2.45) is 0 Å². The molecule has 0 aliphatic heterocycles. The van der Waals surface area contributed by atoms with Gasteiger partial charge in [0.15, 0.2) is 0 Å². The van der Waals surface area contributed by atoms with Gasteiger partial charge in [-0.1, -0.05) is 34.5 Å². The predicted octanol–water partition coefficient (Wildman–Crippen LogP) is 2.24. The molecular formula is C4H2Cl2O4S2. The van der Waals surface area contributed by atoms with Crippen molar-refractivity contribution in [3.8, 4) is 5.06 Å². The van der Waals surface area contributed by atoms with Crippen molar-refractivity contribution in [1.29, 1.82) is 0 Å². The van der Waals surface area contributed by atoms with Gasteiger partial charge in [-0.3, -0.25) is 4.55 Å². The summed E-state index contributed by atoms with van der Waals surface area (Å²) in [7, 11) is -4.49. The van der Waals surface area contributed by atoms with Crippen LogP contribution in [0, 0.1) is 0 Å². The Morgan fingerprint density at radius 3 is 2.42 bits per heavy atom. The monoisotopic (exact) mass is 248 g/mol. The van der Waals surface area contributed by atoms with Gasteiger partial charge in [0.05, 0.1) is 5.02 Å². The second-order valence-electron chi connectivity index (χ2n) is 1.70. The van der Waals surface area contributed by atoms with E-state index in [9.17, 15) is 8.42 Å². The molecule has 0 spiro atoms. The van der Waals surface area contributed by atoms with E-state index in [2.05, 4.69) is 4.18 Å². The Bertz CT molecular complexity index is 362. The first-order valence-electron chi connectivity index (χ1n) is 2.50. The average Bonchev–Trinajstić information content (AvgIpc) is 2.07. The highest BCUT2D eigenvalue weighted by atomic mass is 35.5. The van der Waals surface area contributed by atoms with E-state index in [1.807, 2.05) is 0 Å². The third kappa shape index (κ3) is 2.80. The lowest BCUT2D eigenvalue weighted by Gasteiger charge is -1.93. The summed E-state index contributed by atoms with van der Waals surface area (Å²) >= 11 is 11.8. The highest BCUT2D eigenvalue weighted by Crippen LogP contribution is 2.37. The van der Waals surface area contributed by atoms with Gasteiger partial charge < -0.3 is 4.18 Å². The first kappa shape index (κ1) is 10.1. The van der Waals surface area contributed by atoms with Crippen LogP contribution in [0.2, 0.25) is 9.36 Å². The third-order valence-electron chi connectivity index (χ3n) is 0.810. The summed E-state index contributed by atoms with van der Waals surface area (Å²) in [6, 6.07) is 1.20. The summed E-state index contributed by atoms with van der Waals surface area (Å²) in [4.78, 5) is 0. The molecule has 0 aromatic carbocycles. The van der Waals surface area contributed by atoms with Crippen LogP contribution in [0.3, 0.4) is 0 Å². The number of hydrogen-bond acceptors (Lipinski definition) is 4. The molecule has 0 atom stereocenters. The van der Waals surface area contributed by atoms with Gasteiger partial charge >= 0.3 is 10.4 Å². The molecule has 0 radical (unpaired) electrons. The van der Waals surface area contributed by atoms with E-state index in [0.717, 1.165) is 11.3 Å². The molecule has 4 nitrogen and oxygen atoms in total. The van der Waals surface area contributed by atoms with Crippen LogP contribution in [-0.2, 0) is 10.4 Å². The zero-order chi connectivity index (χ0) is 9.35. The van der Waals surface area contributed by atoms with Gasteiger partial charge in [0.25, 0.3) is 0 Å². The number of rotatable bonds is 2. The highest BCUT2D eigenvalue weighted by Gasteiger charge is 2.11. The van der Waals surface area contributed by atoms with Crippen LogP contribution >= 0.6 is 34.5 Å². The van der Waals surface area contributed by atoms with Crippen molar-refractivity contribution in [1.82, 2.24) is 0 Å². The molecule has 0 saturated carbocycles. The summed E-state index contributed by atoms with van der Waals surface area (Å²) < 4.78 is 32.9. The van der Waals surface area contributed by atoms with Gasteiger partial charge in [0.1, 0.15) is 4.34 Å². The Labute approximate surface area is 82.6 Å². The van der Waals surface area contributed by atoms with Crippen LogP contribution < -0.4 is 4.18 Å². The molecule has 1 aromatic heterocycles. The second kappa shape index (κ2) is 3.39. The molecule has 68 valence electrons. The maximum Gasteiger partial charge on any atom is 0.447 e. The van der Waals surface area contributed by atoms with E-state index in [4.69, 9.17) is 27.8 Å². The van der Waals surface area contributed by atoms with Gasteiger partial charge in [0, 0.05) is 6.07 Å². The lowest BCUT2D eigenvalue weighted by molar-refractivity contribution is 0.391. The number of halogens is 2. The molecule has 0 amide bonds. The quantitative estimate of drug-likeness (QED) is 0.816. The molecule has 0 aliphatic carbocycles. The molecule has 1 heterocycles. The first-order valence-corrected chi connectivity index (χ1v) is 5.44. The SMILES string of the molecule is O=S(=O)(O)Oc1cc(Cl)c(Cl)s1. The summed E-state index contributed by atoms with van der Waals surface area (Å²) in [6.07, 6.45) is 0. The van der Waals surface area contributed by atoms with E-state index < -0.39 is 10.4 Å². The second-order valence-corrected chi connectivity index (χ2v) is 4.74. The molecule has 1 aromatic rings. The van der Waals surface area contributed by atoms with E-state index in [1.165, 1.54) is 6.07 Å². The van der Waals surface area contributed by atoms with Gasteiger partial charge in [0.2, 0.25) is 5.06 Å². The lowest BCUT2D eigenvalue weighted by Crippen LogP contribution is -2.05. The summed E-state index contributed by atoms with van der Waals surface area (Å²) in [5.74, 6) is 0. The summed E-state index contributed by atoms with van der Waals surface area (Å²) in [5, 5.41) is 0.104. The van der Waals surface area contributed by atoms with Gasteiger partial charge in [-0.05, 0) is 0 Å². The molecule has 8 heteroatoms. The Morgan fingerprint density at radius 1 is 1.50 bits per heavy atom. The molecular weight excluding hydrogens is 247 g/mol. The van der Waals surface area contributed by atoms with Crippen molar-refractivity contribution in [2.75, 3.05) is 0 Å². The molecule has 12 heavy (non-hydrogen) atoms. The van der Waals surface area contributed by atoms with Crippen molar-refractivity contribution in [2.45, 2.75) is 0 Å². The largest absolute Gasteiger partial charge is 0.447 e. The minimum Gasteiger partial charge on any atom is -0.350 e. The minimum atomic E-state index is -4.49.